The molecule has 5 nitrogen and oxygen atoms in total. The van der Waals surface area contributed by atoms with Crippen molar-refractivity contribution in [3.63, 3.8) is 0 Å². The van der Waals surface area contributed by atoms with Crippen LogP contribution in [-0.2, 0) is 6.54 Å². The molecule has 0 saturated carbocycles. The van der Waals surface area contributed by atoms with Crippen molar-refractivity contribution < 1.29 is 0 Å². The number of aromatic nitrogens is 4. The van der Waals surface area contributed by atoms with Crippen LogP contribution in [0.3, 0.4) is 0 Å². The van der Waals surface area contributed by atoms with Crippen molar-refractivity contribution in [1.82, 2.24) is 20.2 Å². The quantitative estimate of drug-likeness (QED) is 0.596. The zero-order chi connectivity index (χ0) is 15.6. The fourth-order valence-electron chi connectivity index (χ4n) is 2.47. The highest BCUT2D eigenvalue weighted by Gasteiger charge is 2.10. The molecule has 0 aliphatic heterocycles. The van der Waals surface area contributed by atoms with Gasteiger partial charge in [-0.3, -0.25) is 5.10 Å². The van der Waals surface area contributed by atoms with E-state index in [4.69, 9.17) is 0 Å². The highest BCUT2D eigenvalue weighted by atomic mass is 32.1. The maximum Gasteiger partial charge on any atom is 0.138 e. The second-order valence-electron chi connectivity index (χ2n) is 5.29. The van der Waals surface area contributed by atoms with E-state index in [-0.39, 0.29) is 0 Å². The van der Waals surface area contributed by atoms with Gasteiger partial charge in [-0.2, -0.15) is 5.10 Å². The Balaban J connectivity index is 1.68. The average molecular weight is 321 g/mol. The van der Waals surface area contributed by atoms with E-state index in [1.54, 1.807) is 17.7 Å². The molecule has 0 saturated heterocycles. The smallest absolute Gasteiger partial charge is 0.138 e. The lowest BCUT2D eigenvalue weighted by atomic mass is 10.2. The number of fused-ring (bicyclic) bond motifs is 1. The third-order valence-electron chi connectivity index (χ3n) is 3.77. The second-order valence-corrected chi connectivity index (χ2v) is 6.32. The summed E-state index contributed by atoms with van der Waals surface area (Å²) in [6, 6.07) is 12.5. The number of hydrogen-bond donors (Lipinski definition) is 2. The lowest BCUT2D eigenvalue weighted by molar-refractivity contribution is 1.04. The third kappa shape index (κ3) is 2.68. The van der Waals surface area contributed by atoms with Crippen molar-refractivity contribution in [3.8, 4) is 10.4 Å². The zero-order valence-electron chi connectivity index (χ0n) is 12.6. The Labute approximate surface area is 137 Å². The Morgan fingerprint density at radius 2 is 2.04 bits per heavy atom. The normalized spacial score (nSPS) is 11.0. The Morgan fingerprint density at radius 3 is 2.83 bits per heavy atom. The van der Waals surface area contributed by atoms with Gasteiger partial charge in [0.2, 0.25) is 0 Å². The van der Waals surface area contributed by atoms with Gasteiger partial charge in [0.1, 0.15) is 17.0 Å². The lowest BCUT2D eigenvalue weighted by Crippen LogP contribution is -2.02. The summed E-state index contributed by atoms with van der Waals surface area (Å²) >= 11 is 1.68. The minimum Gasteiger partial charge on any atom is -0.365 e. The molecule has 114 valence electrons. The summed E-state index contributed by atoms with van der Waals surface area (Å²) in [6.45, 7) is 2.70. The lowest BCUT2D eigenvalue weighted by Gasteiger charge is -2.05. The van der Waals surface area contributed by atoms with Gasteiger partial charge in [0.25, 0.3) is 0 Å². The maximum atomic E-state index is 4.40. The topological polar surface area (TPSA) is 66.5 Å². The van der Waals surface area contributed by atoms with E-state index >= 15 is 0 Å². The molecule has 0 aliphatic rings. The minimum atomic E-state index is 0.685. The average Bonchev–Trinajstić information content (AvgIpc) is 3.20. The Morgan fingerprint density at radius 1 is 1.17 bits per heavy atom. The van der Waals surface area contributed by atoms with Gasteiger partial charge >= 0.3 is 0 Å². The van der Waals surface area contributed by atoms with Crippen molar-refractivity contribution in [2.75, 3.05) is 5.32 Å². The van der Waals surface area contributed by atoms with E-state index in [2.05, 4.69) is 43.7 Å². The van der Waals surface area contributed by atoms with Gasteiger partial charge in [-0.15, -0.1) is 11.3 Å². The molecule has 0 unspecified atom stereocenters. The molecule has 0 aliphatic carbocycles. The number of nitrogens with zero attached hydrogens (tertiary/aromatic N) is 3. The van der Waals surface area contributed by atoms with Crippen molar-refractivity contribution in [3.05, 3.63) is 60.2 Å². The molecule has 0 bridgehead atoms. The number of benzene rings is 1. The molecular formula is C17H15N5S. The van der Waals surface area contributed by atoms with E-state index in [0.29, 0.717) is 6.54 Å². The third-order valence-corrected chi connectivity index (χ3v) is 4.86. The fourth-order valence-corrected chi connectivity index (χ4v) is 3.48. The van der Waals surface area contributed by atoms with Crippen LogP contribution >= 0.6 is 11.3 Å². The highest BCUT2D eigenvalue weighted by molar-refractivity contribution is 7.21. The molecule has 0 spiro atoms. The van der Waals surface area contributed by atoms with Gasteiger partial charge in [0, 0.05) is 22.7 Å². The van der Waals surface area contributed by atoms with Gasteiger partial charge in [-0.05, 0) is 18.6 Å². The molecule has 23 heavy (non-hydrogen) atoms. The summed E-state index contributed by atoms with van der Waals surface area (Å²) in [5, 5.41) is 11.4. The molecule has 0 fully saturated rings. The monoisotopic (exact) mass is 321 g/mol. The number of thiophene rings is 1. The molecule has 0 amide bonds. The summed E-state index contributed by atoms with van der Waals surface area (Å²) in [7, 11) is 0. The molecule has 2 N–H and O–H groups in total. The number of aryl methyl sites for hydroxylation is 1. The van der Waals surface area contributed by atoms with E-state index in [1.807, 2.05) is 31.3 Å². The molecule has 3 aromatic heterocycles. The molecule has 1 aromatic carbocycles. The van der Waals surface area contributed by atoms with E-state index in [1.165, 1.54) is 10.4 Å². The van der Waals surface area contributed by atoms with Crippen molar-refractivity contribution in [1.29, 1.82) is 0 Å². The van der Waals surface area contributed by atoms with Crippen LogP contribution in [0.1, 0.15) is 11.3 Å². The van der Waals surface area contributed by atoms with Gasteiger partial charge < -0.3 is 5.32 Å². The van der Waals surface area contributed by atoms with Crippen LogP contribution in [0.5, 0.6) is 0 Å². The van der Waals surface area contributed by atoms with Crippen LogP contribution in [-0.4, -0.2) is 20.2 Å². The van der Waals surface area contributed by atoms with Crippen molar-refractivity contribution >= 4 is 27.4 Å². The number of hydrogen-bond acceptors (Lipinski definition) is 5. The predicted octanol–water partition coefficient (Wildman–Crippen LogP) is 4.00. The number of anilines is 1. The summed E-state index contributed by atoms with van der Waals surface area (Å²) in [5.74, 6) is 0.856. The molecule has 0 atom stereocenters. The van der Waals surface area contributed by atoms with Gasteiger partial charge in [-0.1, -0.05) is 30.3 Å². The van der Waals surface area contributed by atoms with Gasteiger partial charge in [-0.25, -0.2) is 9.97 Å². The largest absolute Gasteiger partial charge is 0.365 e. The summed E-state index contributed by atoms with van der Waals surface area (Å²) in [6.07, 6.45) is 3.45. The Kier molecular flexibility index (Phi) is 3.51. The highest BCUT2D eigenvalue weighted by Crippen LogP contribution is 2.34. The molecule has 6 heteroatoms. The first-order valence-corrected chi connectivity index (χ1v) is 8.15. The number of rotatable bonds is 4. The Hall–Kier alpha value is -2.73. The minimum absolute atomic E-state index is 0.685. The standard InChI is InChI=1S/C17H15N5S/c1-11-13(9-21-22-11)8-18-16-14-7-15(12-5-3-2-4-6-12)23-17(14)20-10-19-16/h2-7,9-10H,8H2,1H3,(H,21,22)(H,18,19,20). The van der Waals surface area contributed by atoms with Crippen LogP contribution in [0, 0.1) is 6.92 Å². The molecule has 3 heterocycles. The SMILES string of the molecule is Cc1[nH]ncc1CNc1ncnc2sc(-c3ccccc3)cc12. The van der Waals surface area contributed by atoms with Crippen LogP contribution in [0.15, 0.2) is 48.9 Å². The van der Waals surface area contributed by atoms with Crippen LogP contribution in [0.2, 0.25) is 0 Å². The first-order valence-electron chi connectivity index (χ1n) is 7.34. The van der Waals surface area contributed by atoms with Crippen LogP contribution < -0.4 is 5.32 Å². The maximum absolute atomic E-state index is 4.40. The Bertz CT molecular complexity index is 942. The van der Waals surface area contributed by atoms with Crippen molar-refractivity contribution in [2.45, 2.75) is 13.5 Å². The predicted molar refractivity (Wildman–Crippen MR) is 93.5 cm³/mol. The first-order chi connectivity index (χ1) is 11.3. The van der Waals surface area contributed by atoms with E-state index in [0.717, 1.165) is 27.3 Å². The van der Waals surface area contributed by atoms with Gasteiger partial charge in [0.05, 0.1) is 11.6 Å². The van der Waals surface area contributed by atoms with Crippen LogP contribution in [0.25, 0.3) is 20.7 Å². The number of H-pyrrole nitrogens is 1. The molecule has 0 radical (unpaired) electrons. The summed E-state index contributed by atoms with van der Waals surface area (Å²) in [5.41, 5.74) is 3.40. The van der Waals surface area contributed by atoms with E-state index < -0.39 is 0 Å². The zero-order valence-corrected chi connectivity index (χ0v) is 13.4. The van der Waals surface area contributed by atoms with E-state index in [9.17, 15) is 0 Å². The number of aromatic amines is 1. The van der Waals surface area contributed by atoms with Crippen LogP contribution in [0.4, 0.5) is 5.82 Å². The molecular weight excluding hydrogens is 306 g/mol. The molecule has 4 rings (SSSR count). The summed E-state index contributed by atoms with van der Waals surface area (Å²) < 4.78 is 0. The van der Waals surface area contributed by atoms with Crippen molar-refractivity contribution in [2.24, 2.45) is 0 Å². The number of nitrogens with one attached hydrogen (secondary N) is 2. The fraction of sp³-hybridized carbons (Fsp3) is 0.118. The molecule has 4 aromatic rings. The van der Waals surface area contributed by atoms with Gasteiger partial charge in [0.15, 0.2) is 0 Å². The summed E-state index contributed by atoms with van der Waals surface area (Å²) in [4.78, 5) is 11.0. The second kappa shape index (κ2) is 5.81. The first kappa shape index (κ1) is 13.9.